The molecule has 5 nitrogen and oxygen atoms in total. The first kappa shape index (κ1) is 19.8. The smallest absolute Gasteiger partial charge is 0.321 e. The minimum atomic E-state index is -3.47. The molecule has 152 valence electrons. The Morgan fingerprint density at radius 3 is 2.66 bits per heavy atom. The van der Waals surface area contributed by atoms with E-state index in [0.717, 1.165) is 35.0 Å². The number of hydrogen-bond donors (Lipinski definition) is 1. The van der Waals surface area contributed by atoms with Gasteiger partial charge in [-0.1, -0.05) is 17.7 Å². The molecule has 1 saturated carbocycles. The molecular weight excluding hydrogens is 398 g/mol. The third-order valence-electron chi connectivity index (χ3n) is 5.20. The Bertz CT molecular complexity index is 1040. The molecule has 0 spiro atoms. The summed E-state index contributed by atoms with van der Waals surface area (Å²) < 4.78 is 28.7. The quantitative estimate of drug-likeness (QED) is 0.630. The van der Waals surface area contributed by atoms with E-state index in [2.05, 4.69) is 15.4 Å². The van der Waals surface area contributed by atoms with E-state index >= 15 is 0 Å². The summed E-state index contributed by atoms with van der Waals surface area (Å²) in [5.41, 5.74) is 2.60. The maximum absolute atomic E-state index is 13.5. The minimum absolute atomic E-state index is 0.506. The summed E-state index contributed by atoms with van der Waals surface area (Å²) in [4.78, 5) is 16.5. The molecule has 1 N–H and O–H groups in total. The van der Waals surface area contributed by atoms with Crippen LogP contribution in [0, 0.1) is 0 Å². The van der Waals surface area contributed by atoms with Crippen LogP contribution in [-0.2, 0) is 4.79 Å². The molecule has 0 saturated heterocycles. The van der Waals surface area contributed by atoms with Crippen LogP contribution >= 0.6 is 11.6 Å². The van der Waals surface area contributed by atoms with Crippen molar-refractivity contribution in [1.82, 2.24) is 20.1 Å². The maximum Gasteiger partial charge on any atom is 0.321 e. The van der Waals surface area contributed by atoms with Gasteiger partial charge in [0.05, 0.1) is 23.8 Å². The largest absolute Gasteiger partial charge is 0.346 e. The molecule has 1 aromatic carbocycles. The van der Waals surface area contributed by atoms with Gasteiger partial charge in [-0.3, -0.25) is 14.5 Å². The van der Waals surface area contributed by atoms with Crippen LogP contribution in [0.2, 0.25) is 5.02 Å². The maximum atomic E-state index is 13.5. The zero-order valence-corrected chi connectivity index (χ0v) is 16.8. The molecule has 3 aromatic rings. The van der Waals surface area contributed by atoms with E-state index < -0.39 is 23.9 Å². The molecular formula is C21H21ClF2N4O. The third-order valence-corrected chi connectivity index (χ3v) is 5.43. The highest BCUT2D eigenvalue weighted by atomic mass is 35.5. The van der Waals surface area contributed by atoms with E-state index in [0.29, 0.717) is 17.9 Å². The summed E-state index contributed by atoms with van der Waals surface area (Å²) >= 11 is 6.07. The Hall–Kier alpha value is -2.54. The molecule has 0 radical (unpaired) electrons. The molecule has 1 aliphatic rings. The molecule has 4 rings (SSSR count). The lowest BCUT2D eigenvalue weighted by Gasteiger charge is -2.27. The molecule has 1 fully saturated rings. The number of benzene rings is 1. The van der Waals surface area contributed by atoms with Gasteiger partial charge < -0.3 is 5.32 Å². The molecule has 1 amide bonds. The van der Waals surface area contributed by atoms with Gasteiger partial charge in [0.25, 0.3) is 5.91 Å². The van der Waals surface area contributed by atoms with Crippen molar-refractivity contribution in [2.45, 2.75) is 50.6 Å². The van der Waals surface area contributed by atoms with E-state index in [9.17, 15) is 13.6 Å². The van der Waals surface area contributed by atoms with Gasteiger partial charge in [-0.25, -0.2) is 0 Å². The second-order valence-electron chi connectivity index (χ2n) is 7.68. The summed E-state index contributed by atoms with van der Waals surface area (Å²) in [6.45, 7) is 2.27. The van der Waals surface area contributed by atoms with Crippen molar-refractivity contribution < 1.29 is 13.6 Å². The first-order valence-corrected chi connectivity index (χ1v) is 9.89. The summed E-state index contributed by atoms with van der Waals surface area (Å²) in [6.07, 6.45) is 5.69. The van der Waals surface area contributed by atoms with Gasteiger partial charge in [-0.2, -0.15) is 13.9 Å². The fourth-order valence-corrected chi connectivity index (χ4v) is 3.69. The number of rotatable bonds is 6. The van der Waals surface area contributed by atoms with Gasteiger partial charge in [0.15, 0.2) is 0 Å². The number of amides is 1. The fourth-order valence-electron chi connectivity index (χ4n) is 3.51. The number of fused-ring (bicyclic) bond motifs is 1. The molecule has 2 atom stereocenters. The van der Waals surface area contributed by atoms with Gasteiger partial charge in [-0.15, -0.1) is 0 Å². The third kappa shape index (κ3) is 4.10. The van der Waals surface area contributed by atoms with Crippen molar-refractivity contribution in [2.24, 2.45) is 0 Å². The lowest BCUT2D eigenvalue weighted by molar-refractivity contribution is -0.143. The van der Waals surface area contributed by atoms with Gasteiger partial charge in [0.2, 0.25) is 0 Å². The Labute approximate surface area is 172 Å². The van der Waals surface area contributed by atoms with Crippen molar-refractivity contribution in [3.05, 3.63) is 59.0 Å². The Morgan fingerprint density at radius 1 is 1.28 bits per heavy atom. The molecule has 2 aromatic heterocycles. The molecule has 8 heteroatoms. The highest BCUT2D eigenvalue weighted by molar-refractivity contribution is 6.31. The van der Waals surface area contributed by atoms with Crippen LogP contribution < -0.4 is 5.32 Å². The Balaban J connectivity index is 1.74. The zero-order valence-electron chi connectivity index (χ0n) is 16.1. The van der Waals surface area contributed by atoms with E-state index in [-0.39, 0.29) is 0 Å². The average molecular weight is 419 g/mol. The van der Waals surface area contributed by atoms with Crippen molar-refractivity contribution in [3.63, 3.8) is 0 Å². The predicted octanol–water partition coefficient (Wildman–Crippen LogP) is 4.71. The van der Waals surface area contributed by atoms with Crippen LogP contribution in [0.3, 0.4) is 0 Å². The molecule has 1 aliphatic carbocycles. The van der Waals surface area contributed by atoms with Crippen LogP contribution in [0.25, 0.3) is 10.9 Å². The van der Waals surface area contributed by atoms with Crippen molar-refractivity contribution >= 4 is 28.4 Å². The molecule has 29 heavy (non-hydrogen) atoms. The molecule has 2 heterocycles. The highest BCUT2D eigenvalue weighted by Gasteiger charge is 2.35. The van der Waals surface area contributed by atoms with Gasteiger partial charge in [0.1, 0.15) is 0 Å². The van der Waals surface area contributed by atoms with E-state index in [4.69, 9.17) is 11.6 Å². The van der Waals surface area contributed by atoms with Crippen molar-refractivity contribution in [2.75, 3.05) is 0 Å². The monoisotopic (exact) mass is 418 g/mol. The summed E-state index contributed by atoms with van der Waals surface area (Å²) in [6, 6.07) is 8.09. The van der Waals surface area contributed by atoms with Gasteiger partial charge in [-0.05, 0) is 49.6 Å². The number of nitrogens with one attached hydrogen (secondary N) is 1. The Kier molecular flexibility index (Phi) is 5.02. The molecule has 0 bridgehead atoms. The second-order valence-corrected chi connectivity index (χ2v) is 8.11. The summed E-state index contributed by atoms with van der Waals surface area (Å²) in [7, 11) is 0. The SMILES string of the molecule is C[C@H](NC(=O)C(C)(F)F)[C@@H](c1ccc(C2CC2)nc1)n1ncc2cc(Cl)ccc21. The summed E-state index contributed by atoms with van der Waals surface area (Å²) in [5.74, 6) is -4.28. The van der Waals surface area contributed by atoms with Crippen LogP contribution in [0.5, 0.6) is 0 Å². The number of aromatic nitrogens is 3. The number of carbonyl (C=O) groups excluding carboxylic acids is 1. The van der Waals surface area contributed by atoms with Gasteiger partial charge >= 0.3 is 5.92 Å². The number of nitrogens with zero attached hydrogens (tertiary/aromatic N) is 3. The number of pyridine rings is 1. The molecule has 0 aliphatic heterocycles. The first-order chi connectivity index (χ1) is 13.7. The van der Waals surface area contributed by atoms with E-state index in [1.807, 2.05) is 18.2 Å². The van der Waals surface area contributed by atoms with E-state index in [1.165, 1.54) is 0 Å². The highest BCUT2D eigenvalue weighted by Crippen LogP contribution is 2.39. The van der Waals surface area contributed by atoms with Crippen molar-refractivity contribution in [3.8, 4) is 0 Å². The second kappa shape index (κ2) is 7.37. The number of halogens is 3. The van der Waals surface area contributed by atoms with E-state index in [1.54, 1.807) is 36.1 Å². The number of alkyl halides is 2. The number of carbonyl (C=O) groups is 1. The lowest BCUT2D eigenvalue weighted by atomic mass is 10.0. The van der Waals surface area contributed by atoms with Crippen LogP contribution in [-0.4, -0.2) is 32.6 Å². The first-order valence-electron chi connectivity index (χ1n) is 9.51. The Morgan fingerprint density at radius 2 is 2.03 bits per heavy atom. The number of hydrogen-bond acceptors (Lipinski definition) is 3. The van der Waals surface area contributed by atoms with Crippen molar-refractivity contribution in [1.29, 1.82) is 0 Å². The normalized spacial score (nSPS) is 16.6. The fraction of sp³-hybridized carbons (Fsp3) is 0.381. The average Bonchev–Trinajstić information content (AvgIpc) is 3.43. The van der Waals surface area contributed by atoms with Crippen LogP contribution in [0.4, 0.5) is 8.78 Å². The predicted molar refractivity (Wildman–Crippen MR) is 107 cm³/mol. The topological polar surface area (TPSA) is 59.8 Å². The minimum Gasteiger partial charge on any atom is -0.346 e. The van der Waals surface area contributed by atoms with Gasteiger partial charge in [0, 0.05) is 35.1 Å². The lowest BCUT2D eigenvalue weighted by Crippen LogP contribution is -2.46. The standard InChI is InChI=1S/C21H21ClF2N4O/c1-12(27-20(29)21(2,23)24)19(14-5-7-17(25-10-14)13-3-4-13)28-18-8-6-16(22)9-15(18)11-26-28/h5-13,19H,3-4H2,1-2H3,(H,27,29)/t12-,19-/m0/s1. The zero-order chi connectivity index (χ0) is 20.8. The van der Waals surface area contributed by atoms with Crippen LogP contribution in [0.15, 0.2) is 42.7 Å². The molecule has 0 unspecified atom stereocenters. The summed E-state index contributed by atoms with van der Waals surface area (Å²) in [5, 5.41) is 8.30. The van der Waals surface area contributed by atoms with Crippen LogP contribution in [0.1, 0.15) is 49.9 Å².